The van der Waals surface area contributed by atoms with Gasteiger partial charge in [0.2, 0.25) is 0 Å². The Labute approximate surface area is 128 Å². The molecule has 0 aliphatic heterocycles. The number of halogens is 2. The lowest BCUT2D eigenvalue weighted by Gasteiger charge is -2.13. The molecule has 18 heavy (non-hydrogen) atoms. The Balaban J connectivity index is 2.21. The highest BCUT2D eigenvalue weighted by Crippen LogP contribution is 2.30. The van der Waals surface area contributed by atoms with E-state index in [-0.39, 0.29) is 0 Å². The maximum Gasteiger partial charge on any atom is 0.0838 e. The minimum absolute atomic E-state index is 0.443. The maximum absolute atomic E-state index is 10.3. The van der Waals surface area contributed by atoms with Crippen molar-refractivity contribution in [3.63, 3.8) is 0 Å². The number of benzene rings is 1. The van der Waals surface area contributed by atoms with Gasteiger partial charge in [0.15, 0.2) is 0 Å². The molecule has 0 bridgehead atoms. The fraction of sp³-hybridized carbons (Fsp3) is 0.286. The molecular formula is C14H14Br2OS. The van der Waals surface area contributed by atoms with E-state index in [2.05, 4.69) is 51.8 Å². The van der Waals surface area contributed by atoms with Crippen molar-refractivity contribution in [3.05, 3.63) is 54.1 Å². The molecule has 0 radical (unpaired) electrons. The Morgan fingerprint density at radius 3 is 2.28 bits per heavy atom. The van der Waals surface area contributed by atoms with Crippen molar-refractivity contribution in [1.29, 1.82) is 0 Å². The van der Waals surface area contributed by atoms with Crippen LogP contribution < -0.4 is 0 Å². The quantitative estimate of drug-likeness (QED) is 0.767. The maximum atomic E-state index is 10.3. The highest BCUT2D eigenvalue weighted by atomic mass is 79.9. The second-order valence-corrected chi connectivity index (χ2v) is 7.73. The van der Waals surface area contributed by atoms with Gasteiger partial charge in [0.1, 0.15) is 0 Å². The zero-order valence-electron chi connectivity index (χ0n) is 10.2. The third-order valence-electron chi connectivity index (χ3n) is 2.87. The Bertz CT molecular complexity index is 540. The van der Waals surface area contributed by atoms with Gasteiger partial charge in [-0.3, -0.25) is 0 Å². The Morgan fingerprint density at radius 1 is 1.17 bits per heavy atom. The summed E-state index contributed by atoms with van der Waals surface area (Å²) in [6, 6.07) is 8.16. The molecule has 1 aromatic heterocycles. The van der Waals surface area contributed by atoms with Crippen molar-refractivity contribution in [2.45, 2.75) is 26.4 Å². The standard InChI is InChI=1S/C14H14Br2OS/c1-8-5-10(6-9(2)14(8)16)12(17)7-11-3-4-13(15)18-11/h3-6,12,17H,7H2,1-2H3. The van der Waals surface area contributed by atoms with E-state index >= 15 is 0 Å². The molecular weight excluding hydrogens is 376 g/mol. The summed E-state index contributed by atoms with van der Waals surface area (Å²) in [7, 11) is 0. The van der Waals surface area contributed by atoms with Gasteiger partial charge in [-0.15, -0.1) is 11.3 Å². The van der Waals surface area contributed by atoms with Crippen molar-refractivity contribution >= 4 is 43.2 Å². The number of aliphatic hydroxyl groups excluding tert-OH is 1. The van der Waals surface area contributed by atoms with E-state index in [0.29, 0.717) is 6.42 Å². The van der Waals surface area contributed by atoms with Crippen LogP contribution in [0.15, 0.2) is 32.5 Å². The summed E-state index contributed by atoms with van der Waals surface area (Å²) in [5.74, 6) is 0. The average Bonchev–Trinajstić information content (AvgIpc) is 2.71. The number of thiophene rings is 1. The molecule has 1 heterocycles. The first-order valence-corrected chi connectivity index (χ1v) is 8.06. The largest absolute Gasteiger partial charge is 0.388 e. The normalized spacial score (nSPS) is 12.7. The van der Waals surface area contributed by atoms with Crippen LogP contribution >= 0.6 is 43.2 Å². The van der Waals surface area contributed by atoms with E-state index in [1.165, 1.54) is 4.88 Å². The number of aliphatic hydroxyl groups is 1. The van der Waals surface area contributed by atoms with Crippen molar-refractivity contribution in [3.8, 4) is 0 Å². The SMILES string of the molecule is Cc1cc(C(O)Cc2ccc(Br)s2)cc(C)c1Br. The number of hydrogen-bond acceptors (Lipinski definition) is 2. The second kappa shape index (κ2) is 5.87. The molecule has 96 valence electrons. The smallest absolute Gasteiger partial charge is 0.0838 e. The van der Waals surface area contributed by atoms with Crippen LogP contribution in [0.5, 0.6) is 0 Å². The summed E-state index contributed by atoms with van der Waals surface area (Å²) in [5.41, 5.74) is 3.31. The van der Waals surface area contributed by atoms with E-state index in [4.69, 9.17) is 0 Å². The third-order valence-corrected chi connectivity index (χ3v) is 5.76. The molecule has 4 heteroatoms. The van der Waals surface area contributed by atoms with Crippen molar-refractivity contribution in [1.82, 2.24) is 0 Å². The van der Waals surface area contributed by atoms with Gasteiger partial charge in [-0.2, -0.15) is 0 Å². The van der Waals surface area contributed by atoms with Crippen LogP contribution in [0, 0.1) is 13.8 Å². The zero-order chi connectivity index (χ0) is 13.3. The van der Waals surface area contributed by atoms with Gasteiger partial charge in [-0.05, 0) is 58.6 Å². The Morgan fingerprint density at radius 2 is 1.78 bits per heavy atom. The minimum atomic E-state index is -0.443. The molecule has 2 rings (SSSR count). The second-order valence-electron chi connectivity index (χ2n) is 4.39. The molecule has 2 aromatic rings. The van der Waals surface area contributed by atoms with E-state index in [1.54, 1.807) is 11.3 Å². The molecule has 1 nitrogen and oxygen atoms in total. The van der Waals surface area contributed by atoms with Crippen LogP contribution in [0.25, 0.3) is 0 Å². The average molecular weight is 390 g/mol. The lowest BCUT2D eigenvalue weighted by molar-refractivity contribution is 0.179. The summed E-state index contributed by atoms with van der Waals surface area (Å²) < 4.78 is 2.23. The van der Waals surface area contributed by atoms with Crippen LogP contribution in [-0.2, 0) is 6.42 Å². The molecule has 1 unspecified atom stereocenters. The van der Waals surface area contributed by atoms with Gasteiger partial charge in [-0.25, -0.2) is 0 Å². The molecule has 1 atom stereocenters. The van der Waals surface area contributed by atoms with Crippen molar-refractivity contribution < 1.29 is 5.11 Å². The van der Waals surface area contributed by atoms with Gasteiger partial charge in [0, 0.05) is 15.8 Å². The summed E-state index contributed by atoms with van der Waals surface area (Å²) in [6.07, 6.45) is 0.220. The predicted molar refractivity (Wildman–Crippen MR) is 84.3 cm³/mol. The van der Waals surface area contributed by atoms with E-state index in [0.717, 1.165) is 24.9 Å². The van der Waals surface area contributed by atoms with Gasteiger partial charge in [0.05, 0.1) is 9.89 Å². The molecule has 0 aliphatic carbocycles. The number of rotatable bonds is 3. The van der Waals surface area contributed by atoms with Gasteiger partial charge < -0.3 is 5.11 Å². The van der Waals surface area contributed by atoms with Crippen molar-refractivity contribution in [2.24, 2.45) is 0 Å². The first-order valence-electron chi connectivity index (χ1n) is 5.66. The van der Waals surface area contributed by atoms with E-state index < -0.39 is 6.10 Å². The molecule has 0 saturated heterocycles. The van der Waals surface area contributed by atoms with Gasteiger partial charge in [0.25, 0.3) is 0 Å². The topological polar surface area (TPSA) is 20.2 Å². The highest BCUT2D eigenvalue weighted by Gasteiger charge is 2.12. The molecule has 1 N–H and O–H groups in total. The van der Waals surface area contributed by atoms with Crippen LogP contribution in [0.1, 0.15) is 27.7 Å². The van der Waals surface area contributed by atoms with Crippen LogP contribution in [0.2, 0.25) is 0 Å². The molecule has 0 saturated carbocycles. The first kappa shape index (κ1) is 14.3. The number of hydrogen-bond donors (Lipinski definition) is 1. The van der Waals surface area contributed by atoms with E-state index in [9.17, 15) is 5.11 Å². The van der Waals surface area contributed by atoms with Crippen LogP contribution in [0.4, 0.5) is 0 Å². The summed E-state index contributed by atoms with van der Waals surface area (Å²) in [6.45, 7) is 4.10. The predicted octanol–water partition coefficient (Wildman–Crippen LogP) is 5.17. The van der Waals surface area contributed by atoms with Crippen molar-refractivity contribution in [2.75, 3.05) is 0 Å². The van der Waals surface area contributed by atoms with E-state index in [1.807, 2.05) is 18.2 Å². The summed E-state index contributed by atoms with van der Waals surface area (Å²) >= 11 is 8.66. The molecule has 0 amide bonds. The fourth-order valence-corrected chi connectivity index (χ4v) is 3.69. The van der Waals surface area contributed by atoms with Gasteiger partial charge >= 0.3 is 0 Å². The monoisotopic (exact) mass is 388 g/mol. The first-order chi connectivity index (χ1) is 8.47. The van der Waals surface area contributed by atoms with Crippen LogP contribution in [0.3, 0.4) is 0 Å². The molecule has 0 spiro atoms. The Kier molecular flexibility index (Phi) is 4.64. The summed E-state index contributed by atoms with van der Waals surface area (Å²) in [5, 5.41) is 10.3. The minimum Gasteiger partial charge on any atom is -0.388 e. The lowest BCUT2D eigenvalue weighted by Crippen LogP contribution is -2.02. The molecule has 0 aliphatic rings. The molecule has 0 fully saturated rings. The Hall–Kier alpha value is -0.160. The highest BCUT2D eigenvalue weighted by molar-refractivity contribution is 9.11. The fourth-order valence-electron chi connectivity index (χ4n) is 1.94. The van der Waals surface area contributed by atoms with Gasteiger partial charge in [-0.1, -0.05) is 28.1 Å². The molecule has 1 aromatic carbocycles. The zero-order valence-corrected chi connectivity index (χ0v) is 14.2. The lowest BCUT2D eigenvalue weighted by atomic mass is 10.0. The number of aryl methyl sites for hydroxylation is 2. The summed E-state index contributed by atoms with van der Waals surface area (Å²) in [4.78, 5) is 1.19. The van der Waals surface area contributed by atoms with Crippen LogP contribution in [-0.4, -0.2) is 5.11 Å². The third kappa shape index (κ3) is 3.23.